The lowest BCUT2D eigenvalue weighted by atomic mass is 9.99. The molecule has 0 atom stereocenters. The molecule has 0 fully saturated rings. The third-order valence-electron chi connectivity index (χ3n) is 5.75. The van der Waals surface area contributed by atoms with Crippen molar-refractivity contribution in [3.63, 3.8) is 0 Å². The van der Waals surface area contributed by atoms with Crippen LogP contribution in [0.25, 0.3) is 0 Å². The number of nitrogens with zero attached hydrogens (tertiary/aromatic N) is 2. The average Bonchev–Trinajstić information content (AvgIpc) is 3.41. The fourth-order valence-electron chi connectivity index (χ4n) is 4.29. The number of halogens is 2. The lowest BCUT2D eigenvalue weighted by molar-refractivity contribution is -0.0496. The van der Waals surface area contributed by atoms with E-state index < -0.39 is 24.3 Å². The van der Waals surface area contributed by atoms with Crippen molar-refractivity contribution in [1.82, 2.24) is 4.90 Å². The van der Waals surface area contributed by atoms with Gasteiger partial charge in [0.25, 0.3) is 17.7 Å². The van der Waals surface area contributed by atoms with Crippen molar-refractivity contribution < 1.29 is 32.3 Å². The summed E-state index contributed by atoms with van der Waals surface area (Å²) in [5.74, 6) is -1.08. The summed E-state index contributed by atoms with van der Waals surface area (Å²) >= 11 is 0. The van der Waals surface area contributed by atoms with Gasteiger partial charge in [-0.05, 0) is 54.8 Å². The molecule has 3 amide bonds. The fourth-order valence-corrected chi connectivity index (χ4v) is 4.29. The first-order valence-electron chi connectivity index (χ1n) is 10.3. The number of benzene rings is 2. The minimum atomic E-state index is -3.03. The van der Waals surface area contributed by atoms with Gasteiger partial charge in [-0.3, -0.25) is 19.3 Å². The molecular formula is C24H18F2N2O5. The van der Waals surface area contributed by atoms with Gasteiger partial charge in [-0.2, -0.15) is 8.78 Å². The summed E-state index contributed by atoms with van der Waals surface area (Å²) in [6.45, 7) is -2.74. The Bertz CT molecular complexity index is 1260. The Labute approximate surface area is 187 Å². The van der Waals surface area contributed by atoms with Gasteiger partial charge in [0.05, 0.1) is 29.6 Å². The zero-order chi connectivity index (χ0) is 23.1. The summed E-state index contributed by atoms with van der Waals surface area (Å²) in [5, 5.41) is 0. The molecule has 1 aromatic heterocycles. The number of aryl methyl sites for hydroxylation is 1. The minimum absolute atomic E-state index is 0.0174. The summed E-state index contributed by atoms with van der Waals surface area (Å²) in [6, 6.07) is 12.4. The number of carbonyl (C=O) groups excluding carboxylic acids is 3. The minimum Gasteiger partial charge on any atom is -0.467 e. The van der Waals surface area contributed by atoms with Gasteiger partial charge in [0.2, 0.25) is 0 Å². The van der Waals surface area contributed by atoms with Crippen molar-refractivity contribution in [2.24, 2.45) is 0 Å². The largest absolute Gasteiger partial charge is 0.467 e. The number of hydrogen-bond acceptors (Lipinski definition) is 5. The topological polar surface area (TPSA) is 80.1 Å². The van der Waals surface area contributed by atoms with E-state index in [2.05, 4.69) is 4.74 Å². The number of rotatable bonds is 5. The van der Waals surface area contributed by atoms with E-state index in [9.17, 15) is 23.2 Å². The molecule has 2 aromatic carbocycles. The van der Waals surface area contributed by atoms with E-state index in [-0.39, 0.29) is 29.0 Å². The first-order chi connectivity index (χ1) is 15.9. The second-order valence-electron chi connectivity index (χ2n) is 7.74. The number of hydrogen-bond donors (Lipinski definition) is 0. The van der Waals surface area contributed by atoms with Gasteiger partial charge in [0.1, 0.15) is 11.5 Å². The Morgan fingerprint density at radius 2 is 1.88 bits per heavy atom. The highest BCUT2D eigenvalue weighted by atomic mass is 19.3. The summed E-state index contributed by atoms with van der Waals surface area (Å²) in [6.07, 6.45) is 2.72. The van der Waals surface area contributed by atoms with Crippen LogP contribution in [0.5, 0.6) is 5.75 Å². The quantitative estimate of drug-likeness (QED) is 0.540. The summed E-state index contributed by atoms with van der Waals surface area (Å²) in [5.41, 5.74) is 1.52. The highest BCUT2D eigenvalue weighted by molar-refractivity contribution is 6.22. The molecule has 2 aliphatic rings. The van der Waals surface area contributed by atoms with Crippen LogP contribution in [0.15, 0.2) is 59.2 Å². The smallest absolute Gasteiger partial charge is 0.387 e. The van der Waals surface area contributed by atoms with Crippen LogP contribution in [0.2, 0.25) is 0 Å². The molecule has 0 spiro atoms. The van der Waals surface area contributed by atoms with Gasteiger partial charge < -0.3 is 14.1 Å². The van der Waals surface area contributed by atoms with Gasteiger partial charge >= 0.3 is 6.61 Å². The fraction of sp³-hybridized carbons (Fsp3) is 0.208. The molecule has 0 saturated heterocycles. The van der Waals surface area contributed by atoms with E-state index >= 15 is 0 Å². The monoisotopic (exact) mass is 452 g/mol. The van der Waals surface area contributed by atoms with Crippen LogP contribution in [-0.4, -0.2) is 35.8 Å². The number of imide groups is 1. The SMILES string of the molecule is O=C1c2ccc(C(=O)N3CCCc4cccc(OC(F)F)c43)cc2C(=O)N1Cc1ccco1. The van der Waals surface area contributed by atoms with Crippen molar-refractivity contribution in [3.8, 4) is 5.75 Å². The number of alkyl halides is 2. The van der Waals surface area contributed by atoms with Crippen LogP contribution >= 0.6 is 0 Å². The first kappa shape index (κ1) is 20.9. The molecule has 0 radical (unpaired) electrons. The van der Waals surface area contributed by atoms with Crippen molar-refractivity contribution in [2.75, 3.05) is 11.4 Å². The predicted molar refractivity (Wildman–Crippen MR) is 112 cm³/mol. The van der Waals surface area contributed by atoms with E-state index in [1.165, 1.54) is 35.4 Å². The highest BCUT2D eigenvalue weighted by Gasteiger charge is 2.37. The normalized spacial score (nSPS) is 15.1. The van der Waals surface area contributed by atoms with Crippen LogP contribution in [0.1, 0.15) is 48.8 Å². The third-order valence-corrected chi connectivity index (χ3v) is 5.75. The number of carbonyl (C=O) groups is 3. The lowest BCUT2D eigenvalue weighted by Gasteiger charge is -2.31. The molecule has 3 aromatic rings. The first-order valence-corrected chi connectivity index (χ1v) is 10.3. The highest BCUT2D eigenvalue weighted by Crippen LogP contribution is 2.38. The standard InChI is InChI=1S/C24H18F2N2O5/c25-24(26)33-19-7-1-4-14-5-2-10-27(20(14)19)21(29)15-8-9-17-18(12-15)23(31)28(22(17)30)13-16-6-3-11-32-16/h1,3-4,6-9,11-12,24H,2,5,10,13H2. The van der Waals surface area contributed by atoms with E-state index in [0.29, 0.717) is 30.8 Å². The molecule has 0 bridgehead atoms. The molecule has 0 saturated carbocycles. The van der Waals surface area contributed by atoms with Crippen molar-refractivity contribution in [3.05, 3.63) is 82.8 Å². The Morgan fingerprint density at radius 1 is 1.06 bits per heavy atom. The molecule has 0 aliphatic carbocycles. The molecule has 2 aliphatic heterocycles. The zero-order valence-corrected chi connectivity index (χ0v) is 17.3. The Hall–Kier alpha value is -4.01. The lowest BCUT2D eigenvalue weighted by Crippen LogP contribution is -2.36. The Balaban J connectivity index is 1.47. The molecule has 168 valence electrons. The molecule has 33 heavy (non-hydrogen) atoms. The average molecular weight is 452 g/mol. The van der Waals surface area contributed by atoms with E-state index in [0.717, 1.165) is 10.5 Å². The van der Waals surface area contributed by atoms with E-state index in [1.54, 1.807) is 24.3 Å². The number of furan rings is 1. The van der Waals surface area contributed by atoms with E-state index in [4.69, 9.17) is 4.42 Å². The van der Waals surface area contributed by atoms with Gasteiger partial charge in [-0.1, -0.05) is 12.1 Å². The van der Waals surface area contributed by atoms with Crippen LogP contribution in [0, 0.1) is 0 Å². The molecule has 5 rings (SSSR count). The number of anilines is 1. The van der Waals surface area contributed by atoms with Gasteiger partial charge in [-0.25, -0.2) is 0 Å². The zero-order valence-electron chi connectivity index (χ0n) is 17.3. The Kier molecular flexibility index (Phi) is 5.16. The van der Waals surface area contributed by atoms with Crippen molar-refractivity contribution in [2.45, 2.75) is 26.0 Å². The second-order valence-corrected chi connectivity index (χ2v) is 7.74. The van der Waals surface area contributed by atoms with Crippen LogP contribution in [0.3, 0.4) is 0 Å². The predicted octanol–water partition coefficient (Wildman–Crippen LogP) is 4.27. The number of ether oxygens (including phenoxy) is 1. The van der Waals surface area contributed by atoms with Gasteiger partial charge in [0.15, 0.2) is 0 Å². The molecule has 0 unspecified atom stereocenters. The summed E-state index contributed by atoms with van der Waals surface area (Å²) in [4.78, 5) is 41.4. The summed E-state index contributed by atoms with van der Waals surface area (Å²) in [7, 11) is 0. The van der Waals surface area contributed by atoms with Crippen LogP contribution in [0.4, 0.5) is 14.5 Å². The van der Waals surface area contributed by atoms with Gasteiger partial charge in [0, 0.05) is 12.1 Å². The second kappa shape index (κ2) is 8.16. The van der Waals surface area contributed by atoms with Crippen LogP contribution < -0.4 is 9.64 Å². The van der Waals surface area contributed by atoms with E-state index in [1.807, 2.05) is 0 Å². The van der Waals surface area contributed by atoms with Crippen molar-refractivity contribution in [1.29, 1.82) is 0 Å². The maximum atomic E-state index is 13.4. The molecule has 7 nitrogen and oxygen atoms in total. The Morgan fingerprint density at radius 3 is 2.64 bits per heavy atom. The van der Waals surface area contributed by atoms with Gasteiger partial charge in [-0.15, -0.1) is 0 Å². The molecular weight excluding hydrogens is 434 g/mol. The summed E-state index contributed by atoms with van der Waals surface area (Å²) < 4.78 is 35.8. The number of fused-ring (bicyclic) bond motifs is 2. The van der Waals surface area contributed by atoms with Crippen molar-refractivity contribution >= 4 is 23.4 Å². The molecule has 0 N–H and O–H groups in total. The maximum absolute atomic E-state index is 13.4. The maximum Gasteiger partial charge on any atom is 0.387 e. The van der Waals surface area contributed by atoms with Crippen LogP contribution in [-0.2, 0) is 13.0 Å². The number of para-hydroxylation sites is 1. The molecule has 3 heterocycles. The third kappa shape index (κ3) is 3.65. The number of amides is 3. The molecule has 9 heteroatoms.